The van der Waals surface area contributed by atoms with E-state index in [4.69, 9.17) is 9.84 Å². The average Bonchev–Trinajstić information content (AvgIpc) is 2.20. The zero-order valence-corrected chi connectivity index (χ0v) is 8.73. The third-order valence-corrected chi connectivity index (χ3v) is 2.24. The molecule has 0 radical (unpaired) electrons. The Morgan fingerprint density at radius 2 is 2.20 bits per heavy atom. The third-order valence-electron chi connectivity index (χ3n) is 2.24. The first-order valence-electron chi connectivity index (χ1n) is 4.63. The summed E-state index contributed by atoms with van der Waals surface area (Å²) in [5.74, 6) is -0.754. The number of hydrogen-bond donors (Lipinski definition) is 2. The molecule has 0 fully saturated rings. The molecule has 0 aliphatic carbocycles. The van der Waals surface area contributed by atoms with Crippen LogP contribution in [0.25, 0.3) is 0 Å². The van der Waals surface area contributed by atoms with Gasteiger partial charge in [-0.3, -0.25) is 4.79 Å². The summed E-state index contributed by atoms with van der Waals surface area (Å²) in [7, 11) is 1.51. The molecule has 2 N–H and O–H groups in total. The number of carboxylic acid groups (broad SMARTS) is 1. The van der Waals surface area contributed by atoms with Crippen LogP contribution in [0.4, 0.5) is 0 Å². The molecule has 1 rings (SSSR count). The maximum Gasteiger partial charge on any atom is 0.306 e. The van der Waals surface area contributed by atoms with E-state index in [1.807, 2.05) is 0 Å². The topological polar surface area (TPSA) is 66.8 Å². The molecular formula is C11H14O4. The highest BCUT2D eigenvalue weighted by molar-refractivity contribution is 5.70. The predicted octanol–water partition coefficient (Wildman–Crippen LogP) is 1.66. The molecule has 0 aliphatic rings. The molecule has 0 aromatic heterocycles. The van der Waals surface area contributed by atoms with Crippen molar-refractivity contribution in [2.24, 2.45) is 5.92 Å². The van der Waals surface area contributed by atoms with E-state index in [1.165, 1.54) is 13.2 Å². The van der Waals surface area contributed by atoms with Gasteiger partial charge in [-0.2, -0.15) is 0 Å². The van der Waals surface area contributed by atoms with E-state index in [1.54, 1.807) is 19.1 Å². The van der Waals surface area contributed by atoms with E-state index < -0.39 is 11.9 Å². The van der Waals surface area contributed by atoms with Gasteiger partial charge in [-0.1, -0.05) is 13.0 Å². The Labute approximate surface area is 88.1 Å². The minimum atomic E-state index is -0.870. The van der Waals surface area contributed by atoms with Gasteiger partial charge < -0.3 is 14.9 Å². The summed E-state index contributed by atoms with van der Waals surface area (Å²) >= 11 is 0. The lowest BCUT2D eigenvalue weighted by Crippen LogP contribution is -2.12. The summed E-state index contributed by atoms with van der Waals surface area (Å²) in [5.41, 5.74) is 0.616. The van der Waals surface area contributed by atoms with Crippen molar-refractivity contribution in [2.75, 3.05) is 7.11 Å². The SMILES string of the molecule is COc1ccc(CC(C)C(=O)O)c(O)c1. The second-order valence-corrected chi connectivity index (χ2v) is 3.44. The summed E-state index contributed by atoms with van der Waals surface area (Å²) in [6, 6.07) is 4.85. The van der Waals surface area contributed by atoms with Crippen LogP contribution >= 0.6 is 0 Å². The molecule has 1 aromatic carbocycles. The summed E-state index contributed by atoms with van der Waals surface area (Å²) in [4.78, 5) is 10.6. The van der Waals surface area contributed by atoms with Crippen LogP contribution in [0.15, 0.2) is 18.2 Å². The van der Waals surface area contributed by atoms with Gasteiger partial charge in [0.1, 0.15) is 11.5 Å². The van der Waals surface area contributed by atoms with Crippen LogP contribution in [-0.2, 0) is 11.2 Å². The maximum atomic E-state index is 10.6. The fraction of sp³-hybridized carbons (Fsp3) is 0.364. The molecule has 82 valence electrons. The van der Waals surface area contributed by atoms with E-state index >= 15 is 0 Å². The highest BCUT2D eigenvalue weighted by Gasteiger charge is 2.14. The molecule has 0 amide bonds. The number of aromatic hydroxyl groups is 1. The van der Waals surface area contributed by atoms with Gasteiger partial charge in [0.15, 0.2) is 0 Å². The number of benzene rings is 1. The molecule has 4 heteroatoms. The number of methoxy groups -OCH3 is 1. The molecule has 1 aromatic rings. The zero-order valence-electron chi connectivity index (χ0n) is 8.73. The van der Waals surface area contributed by atoms with Crippen LogP contribution in [0, 0.1) is 5.92 Å². The summed E-state index contributed by atoms with van der Waals surface area (Å²) in [6.07, 6.45) is 0.311. The lowest BCUT2D eigenvalue weighted by atomic mass is 10.0. The van der Waals surface area contributed by atoms with Crippen molar-refractivity contribution < 1.29 is 19.7 Å². The first kappa shape index (κ1) is 11.4. The number of aliphatic carboxylic acids is 1. The van der Waals surface area contributed by atoms with Crippen LogP contribution in [0.2, 0.25) is 0 Å². The molecule has 0 saturated heterocycles. The van der Waals surface area contributed by atoms with E-state index in [9.17, 15) is 9.90 Å². The first-order valence-corrected chi connectivity index (χ1v) is 4.63. The molecule has 15 heavy (non-hydrogen) atoms. The molecule has 1 unspecified atom stereocenters. The zero-order chi connectivity index (χ0) is 11.4. The molecule has 0 heterocycles. The number of rotatable bonds is 4. The highest BCUT2D eigenvalue weighted by Crippen LogP contribution is 2.25. The molecule has 0 saturated carbocycles. The van der Waals surface area contributed by atoms with Gasteiger partial charge in [0, 0.05) is 6.07 Å². The normalized spacial score (nSPS) is 12.1. The third kappa shape index (κ3) is 2.87. The van der Waals surface area contributed by atoms with Crippen molar-refractivity contribution in [2.45, 2.75) is 13.3 Å². The minimum absolute atomic E-state index is 0.0717. The summed E-state index contributed by atoms with van der Waals surface area (Å²) < 4.78 is 4.93. The predicted molar refractivity (Wildman–Crippen MR) is 55.2 cm³/mol. The van der Waals surface area contributed by atoms with Crippen LogP contribution < -0.4 is 4.74 Å². The van der Waals surface area contributed by atoms with Gasteiger partial charge >= 0.3 is 5.97 Å². The number of ether oxygens (including phenoxy) is 1. The van der Waals surface area contributed by atoms with Crippen molar-refractivity contribution in [3.63, 3.8) is 0 Å². The number of hydrogen-bond acceptors (Lipinski definition) is 3. The van der Waals surface area contributed by atoms with Crippen molar-refractivity contribution in [3.05, 3.63) is 23.8 Å². The van der Waals surface area contributed by atoms with E-state index in [0.29, 0.717) is 17.7 Å². The highest BCUT2D eigenvalue weighted by atomic mass is 16.5. The number of carbonyl (C=O) groups is 1. The van der Waals surface area contributed by atoms with Gasteiger partial charge in [-0.05, 0) is 18.1 Å². The Kier molecular flexibility index (Phi) is 3.55. The Hall–Kier alpha value is -1.71. The first-order chi connectivity index (χ1) is 7.04. The lowest BCUT2D eigenvalue weighted by Gasteiger charge is -2.09. The van der Waals surface area contributed by atoms with Crippen molar-refractivity contribution in [1.29, 1.82) is 0 Å². The van der Waals surface area contributed by atoms with Crippen molar-refractivity contribution in [3.8, 4) is 11.5 Å². The van der Waals surface area contributed by atoms with E-state index in [0.717, 1.165) is 0 Å². The maximum absolute atomic E-state index is 10.6. The number of phenolic OH excluding ortho intramolecular Hbond substituents is 1. The minimum Gasteiger partial charge on any atom is -0.508 e. The van der Waals surface area contributed by atoms with Crippen molar-refractivity contribution >= 4 is 5.97 Å². The largest absolute Gasteiger partial charge is 0.508 e. The molecule has 0 spiro atoms. The molecule has 1 atom stereocenters. The van der Waals surface area contributed by atoms with Crippen LogP contribution in [0.5, 0.6) is 11.5 Å². The second-order valence-electron chi connectivity index (χ2n) is 3.44. The van der Waals surface area contributed by atoms with Crippen LogP contribution in [0.3, 0.4) is 0 Å². The van der Waals surface area contributed by atoms with Gasteiger partial charge in [-0.15, -0.1) is 0 Å². The van der Waals surface area contributed by atoms with Gasteiger partial charge in [-0.25, -0.2) is 0 Å². The van der Waals surface area contributed by atoms with E-state index in [2.05, 4.69) is 0 Å². The average molecular weight is 210 g/mol. The van der Waals surface area contributed by atoms with Crippen LogP contribution in [-0.4, -0.2) is 23.3 Å². The number of carboxylic acids is 1. The van der Waals surface area contributed by atoms with Crippen LogP contribution in [0.1, 0.15) is 12.5 Å². The quantitative estimate of drug-likeness (QED) is 0.793. The molecule has 0 aliphatic heterocycles. The van der Waals surface area contributed by atoms with Gasteiger partial charge in [0.05, 0.1) is 13.0 Å². The Balaban J connectivity index is 2.82. The monoisotopic (exact) mass is 210 g/mol. The second kappa shape index (κ2) is 4.68. The Morgan fingerprint density at radius 3 is 2.67 bits per heavy atom. The van der Waals surface area contributed by atoms with E-state index in [-0.39, 0.29) is 5.75 Å². The Morgan fingerprint density at radius 1 is 1.53 bits per heavy atom. The number of phenols is 1. The molecule has 0 bridgehead atoms. The molecule has 4 nitrogen and oxygen atoms in total. The van der Waals surface area contributed by atoms with Crippen molar-refractivity contribution in [1.82, 2.24) is 0 Å². The smallest absolute Gasteiger partial charge is 0.306 e. The lowest BCUT2D eigenvalue weighted by molar-refractivity contribution is -0.141. The van der Waals surface area contributed by atoms with Gasteiger partial charge in [0.25, 0.3) is 0 Å². The summed E-state index contributed by atoms with van der Waals surface area (Å²) in [6.45, 7) is 1.60. The standard InChI is InChI=1S/C11H14O4/c1-7(11(13)14)5-8-3-4-9(15-2)6-10(8)12/h3-4,6-7,12H,5H2,1-2H3,(H,13,14). The molecular weight excluding hydrogens is 196 g/mol. The Bertz CT molecular complexity index is 360. The summed E-state index contributed by atoms with van der Waals surface area (Å²) in [5, 5.41) is 18.3. The fourth-order valence-electron chi connectivity index (χ4n) is 1.26. The van der Waals surface area contributed by atoms with Gasteiger partial charge in [0.2, 0.25) is 0 Å². The fourth-order valence-corrected chi connectivity index (χ4v) is 1.26.